The highest BCUT2D eigenvalue weighted by molar-refractivity contribution is 5.80. The van der Waals surface area contributed by atoms with E-state index in [1.54, 1.807) is 0 Å². The van der Waals surface area contributed by atoms with E-state index in [9.17, 15) is 9.59 Å². The number of hydrogen-bond acceptors (Lipinski definition) is 4. The van der Waals surface area contributed by atoms with Crippen molar-refractivity contribution in [2.75, 3.05) is 13.1 Å². The molecule has 2 amide bonds. The molecule has 1 aliphatic heterocycles. The van der Waals surface area contributed by atoms with Crippen molar-refractivity contribution >= 4 is 12.0 Å². The van der Waals surface area contributed by atoms with E-state index in [0.717, 1.165) is 17.9 Å². The Hall–Kier alpha value is -1.98. The SMILES string of the molecule is Cc1ccc(CCC(=O)N2CCCN2C(=O)OC(C)(C)C)o1. The molecule has 1 fully saturated rings. The van der Waals surface area contributed by atoms with E-state index in [1.165, 1.54) is 10.0 Å². The fraction of sp³-hybridized carbons (Fsp3) is 0.625. The van der Waals surface area contributed by atoms with Crippen LogP contribution in [0.5, 0.6) is 0 Å². The molecule has 1 saturated heterocycles. The summed E-state index contributed by atoms with van der Waals surface area (Å²) in [5.74, 6) is 1.53. The van der Waals surface area contributed by atoms with Gasteiger partial charge in [0.25, 0.3) is 0 Å². The van der Waals surface area contributed by atoms with E-state index < -0.39 is 11.7 Å². The van der Waals surface area contributed by atoms with Crippen LogP contribution in [-0.4, -0.2) is 40.7 Å². The Morgan fingerprint density at radius 1 is 1.23 bits per heavy atom. The molecule has 0 saturated carbocycles. The first-order valence-corrected chi connectivity index (χ1v) is 7.62. The summed E-state index contributed by atoms with van der Waals surface area (Å²) in [6, 6.07) is 3.75. The number of carbonyl (C=O) groups is 2. The number of furan rings is 1. The van der Waals surface area contributed by atoms with Crippen LogP contribution in [0.1, 0.15) is 45.1 Å². The lowest BCUT2D eigenvalue weighted by atomic mass is 10.2. The first kappa shape index (κ1) is 16.4. The summed E-state index contributed by atoms with van der Waals surface area (Å²) < 4.78 is 10.8. The molecule has 0 spiro atoms. The van der Waals surface area contributed by atoms with Gasteiger partial charge in [0.05, 0.1) is 0 Å². The molecule has 0 atom stereocenters. The molecule has 1 aromatic heterocycles. The molecule has 0 aromatic carbocycles. The minimum absolute atomic E-state index is 0.0857. The summed E-state index contributed by atoms with van der Waals surface area (Å²) >= 11 is 0. The first-order valence-electron chi connectivity index (χ1n) is 7.62. The van der Waals surface area contributed by atoms with E-state index in [4.69, 9.17) is 9.15 Å². The number of aryl methyl sites for hydroxylation is 2. The normalized spacial score (nSPS) is 15.3. The van der Waals surface area contributed by atoms with Gasteiger partial charge in [0.15, 0.2) is 0 Å². The molecule has 6 heteroatoms. The summed E-state index contributed by atoms with van der Waals surface area (Å²) in [4.78, 5) is 24.5. The van der Waals surface area contributed by atoms with Crippen molar-refractivity contribution < 1.29 is 18.7 Å². The number of rotatable bonds is 3. The Kier molecular flexibility index (Phi) is 4.78. The predicted octanol–water partition coefficient (Wildman–Crippen LogP) is 2.91. The maximum atomic E-state index is 12.3. The highest BCUT2D eigenvalue weighted by Gasteiger charge is 2.33. The van der Waals surface area contributed by atoms with E-state index >= 15 is 0 Å². The molecule has 22 heavy (non-hydrogen) atoms. The second-order valence-electron chi connectivity index (χ2n) is 6.49. The van der Waals surface area contributed by atoms with Gasteiger partial charge in [0, 0.05) is 25.9 Å². The predicted molar refractivity (Wildman–Crippen MR) is 81.0 cm³/mol. The van der Waals surface area contributed by atoms with Gasteiger partial charge < -0.3 is 9.15 Å². The molecule has 2 rings (SSSR count). The first-order chi connectivity index (χ1) is 10.3. The van der Waals surface area contributed by atoms with Crippen molar-refractivity contribution in [2.45, 2.75) is 52.6 Å². The third-order valence-electron chi connectivity index (χ3n) is 3.30. The Balaban J connectivity index is 1.91. The van der Waals surface area contributed by atoms with Crippen LogP contribution in [0.25, 0.3) is 0 Å². The zero-order valence-electron chi connectivity index (χ0n) is 13.7. The maximum absolute atomic E-state index is 12.3. The minimum Gasteiger partial charge on any atom is -0.466 e. The van der Waals surface area contributed by atoms with Crippen LogP contribution < -0.4 is 0 Å². The lowest BCUT2D eigenvalue weighted by molar-refractivity contribution is -0.142. The summed E-state index contributed by atoms with van der Waals surface area (Å²) in [6.45, 7) is 8.37. The molecule has 0 N–H and O–H groups in total. The molecular weight excluding hydrogens is 284 g/mol. The highest BCUT2D eigenvalue weighted by atomic mass is 16.6. The van der Waals surface area contributed by atoms with Crippen LogP contribution >= 0.6 is 0 Å². The third kappa shape index (κ3) is 4.26. The lowest BCUT2D eigenvalue weighted by Gasteiger charge is -2.30. The number of ether oxygens (including phenoxy) is 1. The lowest BCUT2D eigenvalue weighted by Crippen LogP contribution is -2.46. The van der Waals surface area contributed by atoms with Gasteiger partial charge in [-0.05, 0) is 46.2 Å². The van der Waals surface area contributed by atoms with Crippen molar-refractivity contribution in [3.05, 3.63) is 23.7 Å². The fourth-order valence-corrected chi connectivity index (χ4v) is 2.35. The van der Waals surface area contributed by atoms with Gasteiger partial charge in [-0.3, -0.25) is 4.79 Å². The third-order valence-corrected chi connectivity index (χ3v) is 3.30. The minimum atomic E-state index is -0.569. The Bertz CT molecular complexity index is 545. The number of hydrogen-bond donors (Lipinski definition) is 0. The summed E-state index contributed by atoms with van der Waals surface area (Å²) in [5.41, 5.74) is -0.569. The zero-order chi connectivity index (χ0) is 16.3. The van der Waals surface area contributed by atoms with Crippen molar-refractivity contribution in [3.8, 4) is 0 Å². The van der Waals surface area contributed by atoms with Gasteiger partial charge in [-0.1, -0.05) is 0 Å². The molecule has 0 radical (unpaired) electrons. The van der Waals surface area contributed by atoms with Crippen LogP contribution in [0.2, 0.25) is 0 Å². The van der Waals surface area contributed by atoms with Crippen molar-refractivity contribution in [1.82, 2.24) is 10.0 Å². The smallest absolute Gasteiger partial charge is 0.429 e. The van der Waals surface area contributed by atoms with Crippen LogP contribution in [0.15, 0.2) is 16.5 Å². The van der Waals surface area contributed by atoms with Crippen molar-refractivity contribution in [3.63, 3.8) is 0 Å². The van der Waals surface area contributed by atoms with Crippen LogP contribution in [0, 0.1) is 6.92 Å². The molecule has 122 valence electrons. The van der Waals surface area contributed by atoms with Crippen molar-refractivity contribution in [1.29, 1.82) is 0 Å². The van der Waals surface area contributed by atoms with Gasteiger partial charge in [-0.25, -0.2) is 14.8 Å². The van der Waals surface area contributed by atoms with E-state index in [1.807, 2.05) is 39.8 Å². The van der Waals surface area contributed by atoms with Crippen LogP contribution in [0.4, 0.5) is 4.79 Å². The van der Waals surface area contributed by atoms with Gasteiger partial charge >= 0.3 is 6.09 Å². The molecule has 0 bridgehead atoms. The molecular formula is C16H24N2O4. The average molecular weight is 308 g/mol. The number of amides is 2. The summed E-state index contributed by atoms with van der Waals surface area (Å²) in [5, 5.41) is 2.89. The molecule has 2 heterocycles. The van der Waals surface area contributed by atoms with E-state index in [-0.39, 0.29) is 5.91 Å². The van der Waals surface area contributed by atoms with Gasteiger partial charge in [0.2, 0.25) is 5.91 Å². The largest absolute Gasteiger partial charge is 0.466 e. The van der Waals surface area contributed by atoms with Gasteiger partial charge in [0.1, 0.15) is 17.1 Å². The molecule has 1 aliphatic rings. The summed E-state index contributed by atoms with van der Waals surface area (Å²) in [6.07, 6.45) is 1.15. The Labute approximate surface area is 131 Å². The van der Waals surface area contributed by atoms with Crippen LogP contribution in [-0.2, 0) is 16.0 Å². The number of hydrazine groups is 1. The highest BCUT2D eigenvalue weighted by Crippen LogP contribution is 2.18. The number of nitrogens with zero attached hydrogens (tertiary/aromatic N) is 2. The standard InChI is InChI=1S/C16H24N2O4/c1-12-6-7-13(21-12)8-9-14(19)17-10-5-11-18(17)15(20)22-16(2,3)4/h6-7H,5,8-11H2,1-4H3. The van der Waals surface area contributed by atoms with E-state index in [2.05, 4.69) is 0 Å². The molecule has 0 unspecified atom stereocenters. The number of carbonyl (C=O) groups excluding carboxylic acids is 2. The Morgan fingerprint density at radius 3 is 2.50 bits per heavy atom. The molecule has 1 aromatic rings. The summed E-state index contributed by atoms with van der Waals surface area (Å²) in [7, 11) is 0. The average Bonchev–Trinajstić information content (AvgIpc) is 3.02. The Morgan fingerprint density at radius 2 is 1.91 bits per heavy atom. The topological polar surface area (TPSA) is 63.0 Å². The quantitative estimate of drug-likeness (QED) is 0.861. The van der Waals surface area contributed by atoms with Crippen LogP contribution in [0.3, 0.4) is 0 Å². The molecule has 6 nitrogen and oxygen atoms in total. The van der Waals surface area contributed by atoms with Gasteiger partial charge in [-0.15, -0.1) is 0 Å². The van der Waals surface area contributed by atoms with Gasteiger partial charge in [-0.2, -0.15) is 0 Å². The molecule has 0 aliphatic carbocycles. The zero-order valence-corrected chi connectivity index (χ0v) is 13.7. The maximum Gasteiger partial charge on any atom is 0.429 e. The second kappa shape index (κ2) is 6.42. The second-order valence-corrected chi connectivity index (χ2v) is 6.49. The fourth-order valence-electron chi connectivity index (χ4n) is 2.35. The van der Waals surface area contributed by atoms with E-state index in [0.29, 0.717) is 25.9 Å². The monoisotopic (exact) mass is 308 g/mol. The van der Waals surface area contributed by atoms with Crippen molar-refractivity contribution in [2.24, 2.45) is 0 Å².